The fourth-order valence-electron chi connectivity index (χ4n) is 2.51. The number of halogens is 1. The van der Waals surface area contributed by atoms with Crippen LogP contribution in [0.1, 0.15) is 37.4 Å². The van der Waals surface area contributed by atoms with Crippen LogP contribution in [-0.4, -0.2) is 26.9 Å². The molecule has 0 amide bonds. The molecule has 0 fully saturated rings. The molecule has 1 aliphatic rings. The van der Waals surface area contributed by atoms with Gasteiger partial charge in [0.2, 0.25) is 5.78 Å². The van der Waals surface area contributed by atoms with Gasteiger partial charge in [0, 0.05) is 0 Å². The van der Waals surface area contributed by atoms with E-state index in [4.69, 9.17) is 11.6 Å². The van der Waals surface area contributed by atoms with Crippen LogP contribution in [0.3, 0.4) is 0 Å². The van der Waals surface area contributed by atoms with E-state index in [9.17, 15) is 24.9 Å². The number of phenolic OH excluding ortho intramolecular Hbond substituents is 3. The summed E-state index contributed by atoms with van der Waals surface area (Å²) in [7, 11) is 0. The first-order valence-corrected chi connectivity index (χ1v) is 6.38. The van der Waals surface area contributed by atoms with Crippen molar-refractivity contribution >= 4 is 23.2 Å². The zero-order valence-electron chi connectivity index (χ0n) is 10.8. The van der Waals surface area contributed by atoms with Crippen molar-refractivity contribution in [3.8, 4) is 17.2 Å². The molecule has 2 aromatic carbocycles. The standard InChI is InChI=1S/C15H9ClO5/c1-5-4-8(19)11-12(13(5)16)15(21)10-7(18)3-2-6(17)9(10)14(11)20/h2-4,17-19H,1H3. The van der Waals surface area contributed by atoms with Gasteiger partial charge >= 0.3 is 0 Å². The third-order valence-electron chi connectivity index (χ3n) is 3.49. The molecule has 0 saturated heterocycles. The van der Waals surface area contributed by atoms with Crippen molar-refractivity contribution in [1.29, 1.82) is 0 Å². The minimum Gasteiger partial charge on any atom is -0.507 e. The number of hydrogen-bond donors (Lipinski definition) is 3. The fourth-order valence-corrected chi connectivity index (χ4v) is 2.74. The van der Waals surface area contributed by atoms with E-state index in [2.05, 4.69) is 0 Å². The van der Waals surface area contributed by atoms with Gasteiger partial charge < -0.3 is 15.3 Å². The maximum Gasteiger partial charge on any atom is 0.202 e. The Morgan fingerprint density at radius 1 is 0.810 bits per heavy atom. The van der Waals surface area contributed by atoms with Crippen molar-refractivity contribution in [2.75, 3.05) is 0 Å². The van der Waals surface area contributed by atoms with Gasteiger partial charge in [0.25, 0.3) is 0 Å². The fraction of sp³-hybridized carbons (Fsp3) is 0.0667. The molecule has 0 unspecified atom stereocenters. The Morgan fingerprint density at radius 3 is 1.76 bits per heavy atom. The van der Waals surface area contributed by atoms with E-state index < -0.39 is 28.8 Å². The Labute approximate surface area is 124 Å². The summed E-state index contributed by atoms with van der Waals surface area (Å²) in [6.45, 7) is 1.58. The Bertz CT molecular complexity index is 839. The number of carbonyl (C=O) groups excluding carboxylic acids is 2. The number of hydrogen-bond acceptors (Lipinski definition) is 5. The van der Waals surface area contributed by atoms with E-state index in [0.29, 0.717) is 5.56 Å². The topological polar surface area (TPSA) is 94.8 Å². The van der Waals surface area contributed by atoms with Crippen LogP contribution in [0.4, 0.5) is 0 Å². The van der Waals surface area contributed by atoms with E-state index in [1.54, 1.807) is 6.92 Å². The van der Waals surface area contributed by atoms with Gasteiger partial charge in [0.1, 0.15) is 17.2 Å². The molecule has 0 heterocycles. The summed E-state index contributed by atoms with van der Waals surface area (Å²) in [5.74, 6) is -2.73. The van der Waals surface area contributed by atoms with Crippen LogP contribution in [-0.2, 0) is 0 Å². The largest absolute Gasteiger partial charge is 0.507 e. The molecule has 2 aromatic rings. The summed E-state index contributed by atoms with van der Waals surface area (Å²) in [4.78, 5) is 25.0. The highest BCUT2D eigenvalue weighted by Gasteiger charge is 2.38. The van der Waals surface area contributed by atoms with E-state index in [1.807, 2.05) is 0 Å². The molecule has 3 N–H and O–H groups in total. The molecule has 0 atom stereocenters. The van der Waals surface area contributed by atoms with Crippen LogP contribution < -0.4 is 0 Å². The number of aromatic hydroxyl groups is 3. The van der Waals surface area contributed by atoms with Crippen molar-refractivity contribution in [1.82, 2.24) is 0 Å². The number of rotatable bonds is 0. The molecule has 0 aromatic heterocycles. The van der Waals surface area contributed by atoms with Gasteiger partial charge in [-0.1, -0.05) is 11.6 Å². The maximum absolute atomic E-state index is 12.5. The molecular weight excluding hydrogens is 296 g/mol. The van der Waals surface area contributed by atoms with Gasteiger partial charge in [-0.05, 0) is 30.7 Å². The van der Waals surface area contributed by atoms with Crippen molar-refractivity contribution in [2.24, 2.45) is 0 Å². The third-order valence-corrected chi connectivity index (χ3v) is 3.98. The van der Waals surface area contributed by atoms with Gasteiger partial charge in [0.15, 0.2) is 5.78 Å². The highest BCUT2D eigenvalue weighted by atomic mass is 35.5. The number of aryl methyl sites for hydroxylation is 1. The Kier molecular flexibility index (Phi) is 2.71. The zero-order chi connectivity index (χ0) is 15.5. The van der Waals surface area contributed by atoms with Crippen LogP contribution in [0.25, 0.3) is 0 Å². The molecule has 0 spiro atoms. The minimum atomic E-state index is -0.757. The summed E-state index contributed by atoms with van der Waals surface area (Å²) >= 11 is 6.07. The monoisotopic (exact) mass is 304 g/mol. The summed E-state index contributed by atoms with van der Waals surface area (Å²) in [6.07, 6.45) is 0. The van der Waals surface area contributed by atoms with Crippen LogP contribution in [0.5, 0.6) is 17.2 Å². The van der Waals surface area contributed by atoms with Crippen LogP contribution in [0, 0.1) is 6.92 Å². The molecule has 0 radical (unpaired) electrons. The Morgan fingerprint density at radius 2 is 1.24 bits per heavy atom. The number of phenols is 3. The van der Waals surface area contributed by atoms with E-state index in [0.717, 1.165) is 12.1 Å². The minimum absolute atomic E-state index is 0.0366. The second-order valence-corrected chi connectivity index (χ2v) is 5.17. The number of fused-ring (bicyclic) bond motifs is 2. The first-order chi connectivity index (χ1) is 9.84. The second-order valence-electron chi connectivity index (χ2n) is 4.79. The lowest BCUT2D eigenvalue weighted by Gasteiger charge is -2.21. The maximum atomic E-state index is 12.5. The molecule has 0 bridgehead atoms. The smallest absolute Gasteiger partial charge is 0.202 e. The zero-order valence-corrected chi connectivity index (χ0v) is 11.5. The second kappa shape index (κ2) is 4.23. The molecule has 5 nitrogen and oxygen atoms in total. The predicted octanol–water partition coefficient (Wildman–Crippen LogP) is 2.54. The number of benzene rings is 2. The summed E-state index contributed by atoms with van der Waals surface area (Å²) in [5.41, 5.74) is -0.629. The van der Waals surface area contributed by atoms with E-state index >= 15 is 0 Å². The predicted molar refractivity (Wildman–Crippen MR) is 74.5 cm³/mol. The summed E-state index contributed by atoms with van der Waals surface area (Å²) in [6, 6.07) is 3.50. The quantitative estimate of drug-likeness (QED) is 0.555. The van der Waals surface area contributed by atoms with Crippen LogP contribution in [0.2, 0.25) is 5.02 Å². The van der Waals surface area contributed by atoms with E-state index in [1.165, 1.54) is 6.07 Å². The third kappa shape index (κ3) is 1.64. The summed E-state index contributed by atoms with van der Waals surface area (Å²) < 4.78 is 0. The molecular formula is C15H9ClO5. The normalized spacial score (nSPS) is 13.0. The van der Waals surface area contributed by atoms with Crippen molar-refractivity contribution in [3.63, 3.8) is 0 Å². The number of ketones is 2. The first kappa shape index (κ1) is 13.5. The Hall–Kier alpha value is -2.53. The molecule has 0 saturated carbocycles. The van der Waals surface area contributed by atoms with Crippen LogP contribution in [0.15, 0.2) is 18.2 Å². The van der Waals surface area contributed by atoms with Gasteiger partial charge in [0.05, 0.1) is 27.3 Å². The highest BCUT2D eigenvalue weighted by molar-refractivity contribution is 6.40. The lowest BCUT2D eigenvalue weighted by atomic mass is 9.82. The van der Waals surface area contributed by atoms with Crippen molar-refractivity contribution < 1.29 is 24.9 Å². The van der Waals surface area contributed by atoms with E-state index in [-0.39, 0.29) is 27.3 Å². The molecule has 21 heavy (non-hydrogen) atoms. The van der Waals surface area contributed by atoms with Gasteiger partial charge in [-0.2, -0.15) is 0 Å². The van der Waals surface area contributed by atoms with Crippen molar-refractivity contribution in [2.45, 2.75) is 6.92 Å². The number of carbonyl (C=O) groups is 2. The van der Waals surface area contributed by atoms with Crippen LogP contribution >= 0.6 is 11.6 Å². The highest BCUT2D eigenvalue weighted by Crippen LogP contribution is 2.43. The van der Waals surface area contributed by atoms with Gasteiger partial charge in [-0.25, -0.2) is 0 Å². The first-order valence-electron chi connectivity index (χ1n) is 6.01. The molecule has 6 heteroatoms. The van der Waals surface area contributed by atoms with Gasteiger partial charge in [-0.3, -0.25) is 9.59 Å². The lowest BCUT2D eigenvalue weighted by Crippen LogP contribution is -2.22. The average Bonchev–Trinajstić information content (AvgIpc) is 2.42. The molecule has 0 aliphatic heterocycles. The Balaban J connectivity index is 2.47. The summed E-state index contributed by atoms with van der Waals surface area (Å²) in [5, 5.41) is 29.6. The molecule has 3 rings (SSSR count). The SMILES string of the molecule is Cc1cc(O)c2c(c1Cl)C(=O)c1c(O)ccc(O)c1C2=O. The van der Waals surface area contributed by atoms with Gasteiger partial charge in [-0.15, -0.1) is 0 Å². The average molecular weight is 305 g/mol. The molecule has 1 aliphatic carbocycles. The lowest BCUT2D eigenvalue weighted by molar-refractivity contribution is 0.0971. The molecule has 106 valence electrons. The van der Waals surface area contributed by atoms with Crippen molar-refractivity contribution in [3.05, 3.63) is 51.0 Å².